The molecule has 0 saturated heterocycles. The molecule has 1 aromatic carbocycles. The Bertz CT molecular complexity index is 1060. The van der Waals surface area contributed by atoms with Crippen molar-refractivity contribution >= 4 is 22.2 Å². The first kappa shape index (κ1) is 16.6. The topological polar surface area (TPSA) is 59.5 Å². The molecule has 0 saturated carbocycles. The van der Waals surface area contributed by atoms with Gasteiger partial charge in [-0.2, -0.15) is 0 Å². The van der Waals surface area contributed by atoms with Crippen LogP contribution in [0.15, 0.2) is 52.6 Å². The van der Waals surface area contributed by atoms with E-state index >= 15 is 0 Å². The molecule has 1 amide bonds. The Kier molecular flexibility index (Phi) is 4.34. The van der Waals surface area contributed by atoms with E-state index in [0.29, 0.717) is 13.0 Å². The van der Waals surface area contributed by atoms with Crippen LogP contribution in [0, 0.1) is 13.8 Å². The zero-order chi connectivity index (χ0) is 18.1. The number of fused-ring (bicyclic) bond motifs is 1. The van der Waals surface area contributed by atoms with Gasteiger partial charge in [-0.3, -0.25) is 9.20 Å². The SMILES string of the molecule is Cc1ccc(-c2cn3c(CC(=O)NCc4ccco4)csc3n2)cc1C. The van der Waals surface area contributed by atoms with Gasteiger partial charge in [0.05, 0.1) is 24.9 Å². The number of rotatable bonds is 5. The van der Waals surface area contributed by atoms with Gasteiger partial charge in [0.25, 0.3) is 0 Å². The van der Waals surface area contributed by atoms with Gasteiger partial charge in [0, 0.05) is 22.8 Å². The van der Waals surface area contributed by atoms with E-state index in [1.807, 2.05) is 28.1 Å². The minimum atomic E-state index is -0.0393. The number of aryl methyl sites for hydroxylation is 2. The summed E-state index contributed by atoms with van der Waals surface area (Å²) in [6, 6.07) is 10.0. The molecule has 3 aromatic heterocycles. The van der Waals surface area contributed by atoms with Crippen LogP contribution in [0.3, 0.4) is 0 Å². The lowest BCUT2D eigenvalue weighted by molar-refractivity contribution is -0.120. The van der Waals surface area contributed by atoms with E-state index in [-0.39, 0.29) is 5.91 Å². The first-order valence-corrected chi connectivity index (χ1v) is 9.30. The number of hydrogen-bond donors (Lipinski definition) is 1. The zero-order valence-electron chi connectivity index (χ0n) is 14.7. The molecule has 1 N–H and O–H groups in total. The van der Waals surface area contributed by atoms with E-state index < -0.39 is 0 Å². The fraction of sp³-hybridized carbons (Fsp3) is 0.200. The highest BCUT2D eigenvalue weighted by Crippen LogP contribution is 2.25. The van der Waals surface area contributed by atoms with Crippen LogP contribution < -0.4 is 5.32 Å². The Balaban J connectivity index is 1.52. The fourth-order valence-corrected chi connectivity index (χ4v) is 3.70. The van der Waals surface area contributed by atoms with E-state index in [9.17, 15) is 4.79 Å². The molecule has 3 heterocycles. The molecule has 0 aliphatic rings. The highest BCUT2D eigenvalue weighted by atomic mass is 32.1. The van der Waals surface area contributed by atoms with E-state index in [1.54, 1.807) is 17.6 Å². The number of nitrogens with zero attached hydrogens (tertiary/aromatic N) is 2. The number of carbonyl (C=O) groups is 1. The first-order valence-electron chi connectivity index (χ1n) is 8.42. The van der Waals surface area contributed by atoms with Crippen LogP contribution >= 0.6 is 11.3 Å². The average Bonchev–Trinajstić information content (AvgIpc) is 3.34. The van der Waals surface area contributed by atoms with Crippen molar-refractivity contribution < 1.29 is 9.21 Å². The molecule has 0 unspecified atom stereocenters. The second-order valence-electron chi connectivity index (χ2n) is 6.34. The number of nitrogens with one attached hydrogen (secondary N) is 1. The summed E-state index contributed by atoms with van der Waals surface area (Å²) in [5.74, 6) is 0.705. The van der Waals surface area contributed by atoms with E-state index in [2.05, 4.69) is 37.4 Å². The van der Waals surface area contributed by atoms with Gasteiger partial charge in [-0.05, 0) is 43.2 Å². The summed E-state index contributed by atoms with van der Waals surface area (Å²) in [5.41, 5.74) is 5.47. The van der Waals surface area contributed by atoms with Crippen LogP contribution in [-0.2, 0) is 17.8 Å². The molecular formula is C20H19N3O2S. The van der Waals surface area contributed by atoms with Crippen molar-refractivity contribution in [2.75, 3.05) is 0 Å². The van der Waals surface area contributed by atoms with Crippen LogP contribution in [0.1, 0.15) is 22.6 Å². The molecule has 5 nitrogen and oxygen atoms in total. The van der Waals surface area contributed by atoms with E-state index in [4.69, 9.17) is 9.40 Å². The highest BCUT2D eigenvalue weighted by molar-refractivity contribution is 7.15. The molecule has 0 bridgehead atoms. The monoisotopic (exact) mass is 365 g/mol. The third-order valence-electron chi connectivity index (χ3n) is 4.47. The molecule has 0 aliphatic carbocycles. The zero-order valence-corrected chi connectivity index (χ0v) is 15.5. The molecule has 132 valence electrons. The van der Waals surface area contributed by atoms with Crippen LogP contribution in [0.2, 0.25) is 0 Å². The van der Waals surface area contributed by atoms with Gasteiger partial charge in [0.1, 0.15) is 5.76 Å². The lowest BCUT2D eigenvalue weighted by Gasteiger charge is -2.03. The maximum Gasteiger partial charge on any atom is 0.226 e. The number of carbonyl (C=O) groups excluding carboxylic acids is 1. The van der Waals surface area contributed by atoms with Crippen molar-refractivity contribution in [1.29, 1.82) is 0 Å². The maximum atomic E-state index is 12.2. The van der Waals surface area contributed by atoms with Gasteiger partial charge in [0.15, 0.2) is 4.96 Å². The summed E-state index contributed by atoms with van der Waals surface area (Å²) in [7, 11) is 0. The molecule has 0 radical (unpaired) electrons. The van der Waals surface area contributed by atoms with Crippen molar-refractivity contribution in [3.8, 4) is 11.3 Å². The van der Waals surface area contributed by atoms with E-state index in [1.165, 1.54) is 11.1 Å². The second-order valence-corrected chi connectivity index (χ2v) is 7.17. The lowest BCUT2D eigenvalue weighted by atomic mass is 10.1. The Hall–Kier alpha value is -2.86. The minimum Gasteiger partial charge on any atom is -0.467 e. The fourth-order valence-electron chi connectivity index (χ4n) is 2.82. The smallest absolute Gasteiger partial charge is 0.226 e. The number of hydrogen-bond acceptors (Lipinski definition) is 4. The van der Waals surface area contributed by atoms with Gasteiger partial charge in [-0.15, -0.1) is 11.3 Å². The maximum absolute atomic E-state index is 12.2. The van der Waals surface area contributed by atoms with Crippen LogP contribution in [0.4, 0.5) is 0 Å². The normalized spacial score (nSPS) is 11.2. The van der Waals surface area contributed by atoms with Crippen LogP contribution in [0.25, 0.3) is 16.2 Å². The quantitative estimate of drug-likeness (QED) is 0.578. The van der Waals surface area contributed by atoms with Crippen LogP contribution in [0.5, 0.6) is 0 Å². The van der Waals surface area contributed by atoms with Crippen LogP contribution in [-0.4, -0.2) is 15.3 Å². The number of amides is 1. The number of furan rings is 1. The molecule has 0 aliphatic heterocycles. The number of imidazole rings is 1. The summed E-state index contributed by atoms with van der Waals surface area (Å²) in [4.78, 5) is 17.8. The number of aromatic nitrogens is 2. The molecule has 6 heteroatoms. The third kappa shape index (κ3) is 3.28. The summed E-state index contributed by atoms with van der Waals surface area (Å²) < 4.78 is 7.23. The summed E-state index contributed by atoms with van der Waals surface area (Å²) >= 11 is 1.55. The Morgan fingerprint density at radius 2 is 2.15 bits per heavy atom. The predicted molar refractivity (Wildman–Crippen MR) is 102 cm³/mol. The Morgan fingerprint density at radius 3 is 2.92 bits per heavy atom. The molecule has 4 rings (SSSR count). The van der Waals surface area contributed by atoms with Gasteiger partial charge in [0.2, 0.25) is 5.91 Å². The first-order chi connectivity index (χ1) is 12.6. The van der Waals surface area contributed by atoms with Crippen molar-refractivity contribution in [3.63, 3.8) is 0 Å². The van der Waals surface area contributed by atoms with Gasteiger partial charge < -0.3 is 9.73 Å². The summed E-state index contributed by atoms with van der Waals surface area (Å²) in [6.45, 7) is 4.60. The number of thiazole rings is 1. The van der Waals surface area contributed by atoms with Gasteiger partial charge in [-0.1, -0.05) is 12.1 Å². The Labute approximate surface area is 155 Å². The average molecular weight is 365 g/mol. The molecule has 26 heavy (non-hydrogen) atoms. The largest absolute Gasteiger partial charge is 0.467 e. The minimum absolute atomic E-state index is 0.0393. The Morgan fingerprint density at radius 1 is 1.27 bits per heavy atom. The predicted octanol–water partition coefficient (Wildman–Crippen LogP) is 4.13. The van der Waals surface area contributed by atoms with Crippen molar-refractivity contribution in [2.45, 2.75) is 26.8 Å². The molecule has 0 fully saturated rings. The van der Waals surface area contributed by atoms with Crippen molar-refractivity contribution in [2.24, 2.45) is 0 Å². The number of benzene rings is 1. The second kappa shape index (κ2) is 6.80. The molecule has 0 spiro atoms. The highest BCUT2D eigenvalue weighted by Gasteiger charge is 2.13. The van der Waals surface area contributed by atoms with E-state index in [0.717, 1.165) is 27.7 Å². The van der Waals surface area contributed by atoms with Gasteiger partial charge >= 0.3 is 0 Å². The lowest BCUT2D eigenvalue weighted by Crippen LogP contribution is -2.24. The summed E-state index contributed by atoms with van der Waals surface area (Å²) in [5, 5.41) is 4.86. The molecule has 4 aromatic rings. The van der Waals surface area contributed by atoms with Crippen molar-refractivity contribution in [3.05, 3.63) is 70.8 Å². The molecule has 0 atom stereocenters. The third-order valence-corrected chi connectivity index (χ3v) is 5.36. The van der Waals surface area contributed by atoms with Crippen molar-refractivity contribution in [1.82, 2.24) is 14.7 Å². The summed E-state index contributed by atoms with van der Waals surface area (Å²) in [6.07, 6.45) is 3.91. The standard InChI is InChI=1S/C20H19N3O2S/c1-13-5-6-15(8-14(13)2)18-11-23-16(12-26-20(23)22-18)9-19(24)21-10-17-4-3-7-25-17/h3-8,11-12H,9-10H2,1-2H3,(H,21,24). The molecular weight excluding hydrogens is 346 g/mol. The van der Waals surface area contributed by atoms with Gasteiger partial charge in [-0.25, -0.2) is 4.98 Å².